The fourth-order valence-electron chi connectivity index (χ4n) is 6.43. The first-order valence-corrected chi connectivity index (χ1v) is 13.8. The quantitative estimate of drug-likeness (QED) is 0.481. The SMILES string of the molecule is COCc1cnc(N2CCC([C@H]3CC3CCOc3ccc(CC(=O)N4CC5CC5C4)c(F)c3)CC2)nc1. The minimum atomic E-state index is -0.344. The first-order valence-electron chi connectivity index (χ1n) is 13.8. The summed E-state index contributed by atoms with van der Waals surface area (Å²) in [6, 6.07) is 4.95. The average Bonchev–Trinajstić information content (AvgIpc) is 3.82. The van der Waals surface area contributed by atoms with E-state index in [0.29, 0.717) is 42.3 Å². The van der Waals surface area contributed by atoms with Crippen molar-refractivity contribution in [3.05, 3.63) is 47.5 Å². The van der Waals surface area contributed by atoms with Crippen molar-refractivity contribution < 1.29 is 18.7 Å². The molecule has 4 atom stereocenters. The van der Waals surface area contributed by atoms with Crippen LogP contribution >= 0.6 is 0 Å². The van der Waals surface area contributed by atoms with Gasteiger partial charge in [0.15, 0.2) is 0 Å². The number of aromatic nitrogens is 2. The highest BCUT2D eigenvalue weighted by Gasteiger charge is 2.46. The fourth-order valence-corrected chi connectivity index (χ4v) is 6.43. The number of benzene rings is 1. The van der Waals surface area contributed by atoms with Crippen molar-refractivity contribution in [1.82, 2.24) is 14.9 Å². The van der Waals surface area contributed by atoms with Crippen molar-refractivity contribution in [2.45, 2.75) is 45.1 Å². The van der Waals surface area contributed by atoms with Gasteiger partial charge in [-0.15, -0.1) is 0 Å². The molecule has 1 amide bonds. The molecular formula is C29H37FN4O3. The summed E-state index contributed by atoms with van der Waals surface area (Å²) in [6.45, 7) is 4.85. The molecule has 2 saturated heterocycles. The highest BCUT2D eigenvalue weighted by Crippen LogP contribution is 2.50. The Morgan fingerprint density at radius 2 is 1.84 bits per heavy atom. The van der Waals surface area contributed by atoms with Crippen molar-refractivity contribution >= 4 is 11.9 Å². The Hall–Kier alpha value is -2.74. The lowest BCUT2D eigenvalue weighted by molar-refractivity contribution is -0.130. The number of amides is 1. The van der Waals surface area contributed by atoms with Gasteiger partial charge in [0.25, 0.3) is 0 Å². The maximum Gasteiger partial charge on any atom is 0.227 e. The van der Waals surface area contributed by atoms with Crippen LogP contribution in [0.4, 0.5) is 10.3 Å². The van der Waals surface area contributed by atoms with Gasteiger partial charge in [0, 0.05) is 57.3 Å². The Bertz CT molecular complexity index is 1090. The van der Waals surface area contributed by atoms with Crippen LogP contribution < -0.4 is 9.64 Å². The van der Waals surface area contributed by atoms with Gasteiger partial charge in [-0.2, -0.15) is 0 Å². The number of rotatable bonds is 10. The lowest BCUT2D eigenvalue weighted by Crippen LogP contribution is -2.35. The number of methoxy groups -OCH3 is 1. The molecule has 0 N–H and O–H groups in total. The Morgan fingerprint density at radius 3 is 2.54 bits per heavy atom. The van der Waals surface area contributed by atoms with E-state index in [9.17, 15) is 9.18 Å². The third-order valence-electron chi connectivity index (χ3n) is 8.86. The van der Waals surface area contributed by atoms with E-state index in [4.69, 9.17) is 9.47 Å². The van der Waals surface area contributed by atoms with Crippen LogP contribution in [0, 0.1) is 35.4 Å². The number of ether oxygens (including phenoxy) is 2. The summed E-state index contributed by atoms with van der Waals surface area (Å²) in [5.41, 5.74) is 1.45. The highest BCUT2D eigenvalue weighted by atomic mass is 19.1. The fraction of sp³-hybridized carbons (Fsp3) is 0.621. The molecule has 1 aromatic heterocycles. The standard InChI is InChI=1S/C29H37FN4O3/c1-36-18-19-14-31-29(32-15-19)33-7-4-20(5-8-33)26-11-21(26)6-9-37-25-3-2-22(27(30)13-25)12-28(35)34-16-23-10-24(23)17-34/h2-3,13-15,20-21,23-24,26H,4-12,16-18H2,1H3/t21?,23?,24?,26-/m1/s1. The van der Waals surface area contributed by atoms with Crippen molar-refractivity contribution in [2.24, 2.45) is 29.6 Å². The first-order chi connectivity index (χ1) is 18.1. The lowest BCUT2D eigenvalue weighted by atomic mass is 9.90. The number of hydrogen-bond acceptors (Lipinski definition) is 6. The normalized spacial score (nSPS) is 26.8. The molecule has 3 unspecified atom stereocenters. The van der Waals surface area contributed by atoms with E-state index < -0.39 is 0 Å². The number of carbonyl (C=O) groups excluding carboxylic acids is 1. The van der Waals surface area contributed by atoms with E-state index in [2.05, 4.69) is 14.9 Å². The van der Waals surface area contributed by atoms with Crippen molar-refractivity contribution in [3.8, 4) is 5.75 Å². The molecule has 2 aliphatic heterocycles. The van der Waals surface area contributed by atoms with Gasteiger partial charge in [-0.1, -0.05) is 6.07 Å². The Kier molecular flexibility index (Phi) is 7.02. The molecule has 2 saturated carbocycles. The molecule has 4 fully saturated rings. The molecule has 8 heteroatoms. The van der Waals surface area contributed by atoms with Gasteiger partial charge in [0.05, 0.1) is 19.6 Å². The van der Waals surface area contributed by atoms with Gasteiger partial charge in [-0.05, 0) is 73.3 Å². The number of carbonyl (C=O) groups is 1. The van der Waals surface area contributed by atoms with E-state index >= 15 is 0 Å². The summed E-state index contributed by atoms with van der Waals surface area (Å²) in [5.74, 6) is 4.69. The molecule has 198 valence electrons. The topological polar surface area (TPSA) is 67.8 Å². The third kappa shape index (κ3) is 5.74. The second-order valence-electron chi connectivity index (χ2n) is 11.4. The van der Waals surface area contributed by atoms with Crippen LogP contribution in [0.3, 0.4) is 0 Å². The first kappa shape index (κ1) is 24.6. The molecule has 2 aliphatic carbocycles. The zero-order valence-electron chi connectivity index (χ0n) is 21.7. The van der Waals surface area contributed by atoms with Gasteiger partial charge in [-0.3, -0.25) is 4.79 Å². The summed E-state index contributed by atoms with van der Waals surface area (Å²) in [7, 11) is 1.68. The van der Waals surface area contributed by atoms with Crippen LogP contribution in [-0.4, -0.2) is 60.7 Å². The molecule has 4 aliphatic rings. The van der Waals surface area contributed by atoms with Crippen LogP contribution in [-0.2, 0) is 22.6 Å². The minimum absolute atomic E-state index is 0.0397. The smallest absolute Gasteiger partial charge is 0.227 e. The maximum atomic E-state index is 14.6. The second-order valence-corrected chi connectivity index (χ2v) is 11.4. The number of fused-ring (bicyclic) bond motifs is 1. The van der Waals surface area contributed by atoms with Crippen LogP contribution in [0.25, 0.3) is 0 Å². The third-order valence-corrected chi connectivity index (χ3v) is 8.86. The monoisotopic (exact) mass is 508 g/mol. The van der Waals surface area contributed by atoms with E-state index in [-0.39, 0.29) is 18.1 Å². The molecule has 37 heavy (non-hydrogen) atoms. The number of nitrogens with zero attached hydrogens (tertiary/aromatic N) is 4. The summed E-state index contributed by atoms with van der Waals surface area (Å²) in [5, 5.41) is 0. The zero-order chi connectivity index (χ0) is 25.4. The molecule has 1 aromatic carbocycles. The van der Waals surface area contributed by atoms with Gasteiger partial charge in [0.2, 0.25) is 11.9 Å². The van der Waals surface area contributed by atoms with Crippen LogP contribution in [0.1, 0.15) is 43.2 Å². The summed E-state index contributed by atoms with van der Waals surface area (Å²) in [6.07, 6.45) is 9.72. The molecule has 0 radical (unpaired) electrons. The molecule has 7 nitrogen and oxygen atoms in total. The molecular weight excluding hydrogens is 471 g/mol. The Balaban J connectivity index is 0.902. The number of hydrogen-bond donors (Lipinski definition) is 0. The molecule has 2 aromatic rings. The lowest BCUT2D eigenvalue weighted by Gasteiger charge is -2.32. The maximum absolute atomic E-state index is 14.6. The van der Waals surface area contributed by atoms with E-state index in [0.717, 1.165) is 55.9 Å². The predicted molar refractivity (Wildman–Crippen MR) is 138 cm³/mol. The van der Waals surface area contributed by atoms with E-state index in [1.54, 1.807) is 19.2 Å². The highest BCUT2D eigenvalue weighted by molar-refractivity contribution is 5.79. The number of halogens is 1. The molecule has 6 rings (SSSR count). The largest absolute Gasteiger partial charge is 0.493 e. The summed E-state index contributed by atoms with van der Waals surface area (Å²) >= 11 is 0. The van der Waals surface area contributed by atoms with E-state index in [1.807, 2.05) is 17.3 Å². The van der Waals surface area contributed by atoms with Gasteiger partial charge in [0.1, 0.15) is 11.6 Å². The van der Waals surface area contributed by atoms with Crippen LogP contribution in [0.5, 0.6) is 5.75 Å². The number of likely N-dealkylation sites (tertiary alicyclic amines) is 1. The van der Waals surface area contributed by atoms with E-state index in [1.165, 1.54) is 31.7 Å². The summed E-state index contributed by atoms with van der Waals surface area (Å²) in [4.78, 5) is 25.7. The van der Waals surface area contributed by atoms with Gasteiger partial charge in [-0.25, -0.2) is 14.4 Å². The number of anilines is 1. The summed E-state index contributed by atoms with van der Waals surface area (Å²) < 4.78 is 25.6. The Morgan fingerprint density at radius 1 is 1.08 bits per heavy atom. The molecule has 0 bridgehead atoms. The second kappa shape index (κ2) is 10.6. The van der Waals surface area contributed by atoms with Crippen molar-refractivity contribution in [1.29, 1.82) is 0 Å². The molecule has 3 heterocycles. The predicted octanol–water partition coefficient (Wildman–Crippen LogP) is 4.10. The molecule has 0 spiro atoms. The van der Waals surface area contributed by atoms with Crippen molar-refractivity contribution in [2.75, 3.05) is 44.8 Å². The van der Waals surface area contributed by atoms with Crippen LogP contribution in [0.15, 0.2) is 30.6 Å². The van der Waals surface area contributed by atoms with Gasteiger partial charge < -0.3 is 19.3 Å². The number of piperidine rings is 2. The Labute approximate surface area is 218 Å². The minimum Gasteiger partial charge on any atom is -0.493 e. The van der Waals surface area contributed by atoms with Gasteiger partial charge >= 0.3 is 0 Å². The average molecular weight is 509 g/mol. The van der Waals surface area contributed by atoms with Crippen molar-refractivity contribution in [3.63, 3.8) is 0 Å². The van der Waals surface area contributed by atoms with Crippen LogP contribution in [0.2, 0.25) is 0 Å². The zero-order valence-corrected chi connectivity index (χ0v) is 21.7.